The monoisotopic (exact) mass is 357 g/mol. The van der Waals surface area contributed by atoms with E-state index in [0.29, 0.717) is 24.4 Å². The van der Waals surface area contributed by atoms with Crippen LogP contribution in [0.4, 0.5) is 11.4 Å². The summed E-state index contributed by atoms with van der Waals surface area (Å²) < 4.78 is 5.22. The van der Waals surface area contributed by atoms with E-state index in [-0.39, 0.29) is 17.6 Å². The first-order valence-electron chi connectivity index (χ1n) is 8.30. The quantitative estimate of drug-likeness (QED) is 0.576. The number of nitrogens with one attached hydrogen (secondary N) is 1. The molecule has 7 nitrogen and oxygen atoms in total. The van der Waals surface area contributed by atoms with E-state index in [1.807, 2.05) is 37.1 Å². The van der Waals surface area contributed by atoms with Crippen molar-refractivity contribution in [2.75, 3.05) is 26.0 Å². The molecular formula is C19H23N3O4. The van der Waals surface area contributed by atoms with Gasteiger partial charge in [-0.1, -0.05) is 24.3 Å². The number of carbonyl (C=O) groups is 1. The lowest BCUT2D eigenvalue weighted by molar-refractivity contribution is -0.384. The number of benzene rings is 2. The van der Waals surface area contributed by atoms with Crippen molar-refractivity contribution in [2.45, 2.75) is 19.4 Å². The van der Waals surface area contributed by atoms with Crippen LogP contribution in [-0.4, -0.2) is 36.4 Å². The van der Waals surface area contributed by atoms with Crippen molar-refractivity contribution in [1.82, 2.24) is 4.90 Å². The van der Waals surface area contributed by atoms with Gasteiger partial charge in [0.25, 0.3) is 5.69 Å². The van der Waals surface area contributed by atoms with Crippen molar-refractivity contribution in [1.29, 1.82) is 0 Å². The zero-order chi connectivity index (χ0) is 19.1. The standard InChI is InChI=1S/C19H23N3O4/c1-14(15-7-6-8-16(13-15)22(24)25)21(2)12-11-19(23)20-17-9-4-5-10-18(17)26-3/h4-10,13-14H,11-12H2,1-3H3,(H,20,23). The molecule has 0 aliphatic rings. The molecule has 0 bridgehead atoms. The number of methoxy groups -OCH3 is 1. The second-order valence-electron chi connectivity index (χ2n) is 6.01. The highest BCUT2D eigenvalue weighted by molar-refractivity contribution is 5.92. The minimum absolute atomic E-state index is 0.0473. The summed E-state index contributed by atoms with van der Waals surface area (Å²) >= 11 is 0. The molecule has 1 amide bonds. The number of nitro groups is 1. The minimum atomic E-state index is -0.406. The first-order chi connectivity index (χ1) is 12.4. The predicted molar refractivity (Wildman–Crippen MR) is 100 cm³/mol. The number of para-hydroxylation sites is 2. The molecule has 2 aromatic carbocycles. The molecule has 0 spiro atoms. The molecule has 26 heavy (non-hydrogen) atoms. The molecular weight excluding hydrogens is 334 g/mol. The van der Waals surface area contributed by atoms with Crippen molar-refractivity contribution in [3.63, 3.8) is 0 Å². The number of hydrogen-bond donors (Lipinski definition) is 1. The third-order valence-corrected chi connectivity index (χ3v) is 4.30. The maximum Gasteiger partial charge on any atom is 0.269 e. The van der Waals surface area contributed by atoms with Crippen molar-refractivity contribution >= 4 is 17.3 Å². The Labute approximate surface area is 152 Å². The second-order valence-corrected chi connectivity index (χ2v) is 6.01. The molecule has 0 fully saturated rings. The summed E-state index contributed by atoms with van der Waals surface area (Å²) in [4.78, 5) is 24.7. The number of hydrogen-bond acceptors (Lipinski definition) is 5. The van der Waals surface area contributed by atoms with Crippen molar-refractivity contribution in [3.8, 4) is 5.75 Å². The molecule has 0 radical (unpaired) electrons. The molecule has 1 unspecified atom stereocenters. The van der Waals surface area contributed by atoms with Gasteiger partial charge in [-0.2, -0.15) is 0 Å². The van der Waals surface area contributed by atoms with Gasteiger partial charge < -0.3 is 10.1 Å². The molecule has 1 N–H and O–H groups in total. The van der Waals surface area contributed by atoms with E-state index in [2.05, 4.69) is 5.32 Å². The lowest BCUT2D eigenvalue weighted by Gasteiger charge is -2.24. The van der Waals surface area contributed by atoms with Gasteiger partial charge in [0.15, 0.2) is 0 Å². The Morgan fingerprint density at radius 1 is 1.27 bits per heavy atom. The SMILES string of the molecule is COc1ccccc1NC(=O)CCN(C)C(C)c1cccc([N+](=O)[O-])c1. The fourth-order valence-corrected chi connectivity index (χ4v) is 2.58. The Morgan fingerprint density at radius 3 is 2.69 bits per heavy atom. The van der Waals surface area contributed by atoms with Crippen LogP contribution in [0.25, 0.3) is 0 Å². The molecule has 0 saturated carbocycles. The Bertz CT molecular complexity index is 779. The average Bonchev–Trinajstić information content (AvgIpc) is 2.66. The lowest BCUT2D eigenvalue weighted by atomic mass is 10.1. The van der Waals surface area contributed by atoms with Gasteiger partial charge in [0.1, 0.15) is 5.75 Å². The number of anilines is 1. The van der Waals surface area contributed by atoms with Crippen LogP contribution < -0.4 is 10.1 Å². The summed E-state index contributed by atoms with van der Waals surface area (Å²) in [5, 5.41) is 13.8. The van der Waals surface area contributed by atoms with Crippen LogP contribution in [0, 0.1) is 10.1 Å². The first-order valence-corrected chi connectivity index (χ1v) is 8.30. The van der Waals surface area contributed by atoms with Gasteiger partial charge in [-0.15, -0.1) is 0 Å². The van der Waals surface area contributed by atoms with Crippen LogP contribution in [0.15, 0.2) is 48.5 Å². The van der Waals surface area contributed by atoms with E-state index in [4.69, 9.17) is 4.74 Å². The molecule has 1 atom stereocenters. The predicted octanol–water partition coefficient (Wildman–Crippen LogP) is 3.63. The van der Waals surface area contributed by atoms with E-state index < -0.39 is 4.92 Å². The number of rotatable bonds is 8. The Balaban J connectivity index is 1.93. The average molecular weight is 357 g/mol. The van der Waals surface area contributed by atoms with E-state index in [0.717, 1.165) is 5.56 Å². The number of non-ortho nitro benzene ring substituents is 1. The lowest BCUT2D eigenvalue weighted by Crippen LogP contribution is -2.27. The number of nitro benzene ring substituents is 1. The summed E-state index contributed by atoms with van der Waals surface area (Å²) in [6, 6.07) is 13.7. The van der Waals surface area contributed by atoms with E-state index in [9.17, 15) is 14.9 Å². The second kappa shape index (κ2) is 8.96. The van der Waals surface area contributed by atoms with Gasteiger partial charge in [-0.3, -0.25) is 19.8 Å². The number of ether oxygens (including phenoxy) is 1. The zero-order valence-electron chi connectivity index (χ0n) is 15.1. The van der Waals surface area contributed by atoms with Crippen molar-refractivity contribution in [3.05, 3.63) is 64.2 Å². The number of amides is 1. The van der Waals surface area contributed by atoms with Crippen LogP contribution >= 0.6 is 0 Å². The molecule has 2 aromatic rings. The van der Waals surface area contributed by atoms with Crippen LogP contribution in [0.3, 0.4) is 0 Å². The van der Waals surface area contributed by atoms with E-state index in [1.54, 1.807) is 31.4 Å². The zero-order valence-corrected chi connectivity index (χ0v) is 15.1. The first kappa shape index (κ1) is 19.4. The molecule has 0 saturated heterocycles. The Kier molecular flexibility index (Phi) is 6.68. The van der Waals surface area contributed by atoms with E-state index >= 15 is 0 Å². The maximum absolute atomic E-state index is 12.2. The summed E-state index contributed by atoms with van der Waals surface area (Å²) in [5.41, 5.74) is 1.54. The summed E-state index contributed by atoms with van der Waals surface area (Å²) in [7, 11) is 3.44. The smallest absolute Gasteiger partial charge is 0.269 e. The normalized spacial score (nSPS) is 11.8. The van der Waals surface area contributed by atoms with Gasteiger partial charge in [0.2, 0.25) is 5.91 Å². The molecule has 0 aromatic heterocycles. The van der Waals surface area contributed by atoms with Gasteiger partial charge in [0.05, 0.1) is 17.7 Å². The van der Waals surface area contributed by atoms with Crippen molar-refractivity contribution < 1.29 is 14.5 Å². The molecule has 0 aliphatic heterocycles. The Morgan fingerprint density at radius 2 is 2.00 bits per heavy atom. The summed E-state index contributed by atoms with van der Waals surface area (Å²) in [5.74, 6) is 0.492. The summed E-state index contributed by atoms with van der Waals surface area (Å²) in [6.07, 6.45) is 0.299. The van der Waals surface area contributed by atoms with Crippen LogP contribution in [0.2, 0.25) is 0 Å². The van der Waals surface area contributed by atoms with Gasteiger partial charge >= 0.3 is 0 Å². The van der Waals surface area contributed by atoms with Crippen molar-refractivity contribution in [2.24, 2.45) is 0 Å². The van der Waals surface area contributed by atoms with Crippen LogP contribution in [-0.2, 0) is 4.79 Å². The van der Waals surface area contributed by atoms with Gasteiger partial charge in [0, 0.05) is 31.1 Å². The Hall–Kier alpha value is -2.93. The van der Waals surface area contributed by atoms with Gasteiger partial charge in [-0.05, 0) is 31.7 Å². The largest absolute Gasteiger partial charge is 0.495 e. The highest BCUT2D eigenvalue weighted by Gasteiger charge is 2.16. The fraction of sp³-hybridized carbons (Fsp3) is 0.316. The molecule has 138 valence electrons. The van der Waals surface area contributed by atoms with Gasteiger partial charge in [-0.25, -0.2) is 0 Å². The molecule has 2 rings (SSSR count). The van der Waals surface area contributed by atoms with Crippen LogP contribution in [0.5, 0.6) is 5.75 Å². The summed E-state index contributed by atoms with van der Waals surface area (Å²) in [6.45, 7) is 2.47. The fourth-order valence-electron chi connectivity index (χ4n) is 2.58. The highest BCUT2D eigenvalue weighted by Crippen LogP contribution is 2.24. The molecule has 7 heteroatoms. The maximum atomic E-state index is 12.2. The third kappa shape index (κ3) is 5.03. The number of nitrogens with zero attached hydrogens (tertiary/aromatic N) is 2. The molecule has 0 heterocycles. The third-order valence-electron chi connectivity index (χ3n) is 4.30. The van der Waals surface area contributed by atoms with E-state index in [1.165, 1.54) is 6.07 Å². The minimum Gasteiger partial charge on any atom is -0.495 e. The topological polar surface area (TPSA) is 84.7 Å². The molecule has 0 aliphatic carbocycles. The number of carbonyl (C=O) groups excluding carboxylic acids is 1. The van der Waals surface area contributed by atoms with Crippen LogP contribution in [0.1, 0.15) is 24.9 Å². The highest BCUT2D eigenvalue weighted by atomic mass is 16.6.